The molecule has 1 unspecified atom stereocenters. The second-order valence-corrected chi connectivity index (χ2v) is 3.32. The van der Waals surface area contributed by atoms with Gasteiger partial charge in [-0.1, -0.05) is 0 Å². The van der Waals surface area contributed by atoms with Gasteiger partial charge >= 0.3 is 7.12 Å². The highest BCUT2D eigenvalue weighted by molar-refractivity contribution is 6.60. The Hall–Kier alpha value is -1.15. The smallest absolute Gasteiger partial charge is 0.423 e. The van der Waals surface area contributed by atoms with Crippen LogP contribution in [0.1, 0.15) is 0 Å². The molecule has 0 aliphatic rings. The van der Waals surface area contributed by atoms with Gasteiger partial charge in [0.05, 0.1) is 12.7 Å². The van der Waals surface area contributed by atoms with Gasteiger partial charge in [0, 0.05) is 17.7 Å². The number of aliphatic hydroxyl groups is 2. The lowest BCUT2D eigenvalue weighted by Gasteiger charge is -2.13. The minimum absolute atomic E-state index is 0.0230. The molecule has 0 saturated carbocycles. The van der Waals surface area contributed by atoms with Crippen molar-refractivity contribution in [3.63, 3.8) is 0 Å². The van der Waals surface area contributed by atoms with E-state index in [2.05, 4.69) is 5.32 Å². The van der Waals surface area contributed by atoms with Crippen molar-refractivity contribution in [3.8, 4) is 0 Å². The van der Waals surface area contributed by atoms with Gasteiger partial charge in [0.25, 0.3) is 0 Å². The summed E-state index contributed by atoms with van der Waals surface area (Å²) in [5.41, 5.74) is 0.272. The van der Waals surface area contributed by atoms with E-state index in [9.17, 15) is 4.39 Å². The molecule has 0 aliphatic heterocycles. The Kier molecular flexibility index (Phi) is 4.69. The molecule has 0 amide bonds. The quantitative estimate of drug-likeness (QED) is 0.387. The zero-order chi connectivity index (χ0) is 12.1. The first-order chi connectivity index (χ1) is 7.54. The molecule has 0 fully saturated rings. The molecule has 0 aliphatic carbocycles. The molecule has 5 nitrogen and oxygen atoms in total. The number of anilines is 1. The van der Waals surface area contributed by atoms with Crippen LogP contribution in [0.15, 0.2) is 18.2 Å². The summed E-state index contributed by atoms with van der Waals surface area (Å²) in [6.45, 7) is -0.382. The highest BCUT2D eigenvalue weighted by atomic mass is 19.1. The van der Waals surface area contributed by atoms with Crippen molar-refractivity contribution in [1.82, 2.24) is 0 Å². The van der Waals surface area contributed by atoms with E-state index >= 15 is 0 Å². The molecule has 1 aromatic rings. The van der Waals surface area contributed by atoms with Crippen LogP contribution in [-0.4, -0.2) is 46.6 Å². The van der Waals surface area contributed by atoms with E-state index in [-0.39, 0.29) is 12.0 Å². The molecule has 5 N–H and O–H groups in total. The topological polar surface area (TPSA) is 93.0 Å². The van der Waals surface area contributed by atoms with E-state index < -0.39 is 25.6 Å². The van der Waals surface area contributed by atoms with Crippen LogP contribution in [0.3, 0.4) is 0 Å². The Balaban J connectivity index is 2.78. The van der Waals surface area contributed by atoms with Crippen molar-refractivity contribution >= 4 is 18.3 Å². The highest BCUT2D eigenvalue weighted by Crippen LogP contribution is 2.06. The molecular formula is C9H13BFNO4. The third-order valence-corrected chi connectivity index (χ3v) is 2.03. The van der Waals surface area contributed by atoms with Crippen LogP contribution in [-0.2, 0) is 0 Å². The largest absolute Gasteiger partial charge is 0.490 e. The molecule has 0 heterocycles. The Bertz CT molecular complexity index is 350. The van der Waals surface area contributed by atoms with Crippen LogP contribution >= 0.6 is 0 Å². The van der Waals surface area contributed by atoms with Crippen LogP contribution in [0.4, 0.5) is 10.1 Å². The minimum atomic E-state index is -1.80. The third kappa shape index (κ3) is 3.46. The number of hydrogen-bond acceptors (Lipinski definition) is 5. The molecule has 1 atom stereocenters. The summed E-state index contributed by atoms with van der Waals surface area (Å²) >= 11 is 0. The summed E-state index contributed by atoms with van der Waals surface area (Å²) in [4.78, 5) is 0. The summed E-state index contributed by atoms with van der Waals surface area (Å²) in [6.07, 6.45) is -0.964. The maximum absolute atomic E-state index is 12.8. The molecule has 1 aromatic carbocycles. The van der Waals surface area contributed by atoms with Crippen molar-refractivity contribution in [2.75, 3.05) is 18.5 Å². The van der Waals surface area contributed by atoms with E-state index in [1.165, 1.54) is 6.07 Å². The summed E-state index contributed by atoms with van der Waals surface area (Å²) in [6, 6.07) is 3.46. The summed E-state index contributed by atoms with van der Waals surface area (Å²) in [7, 11) is -1.80. The van der Waals surface area contributed by atoms with Gasteiger partial charge in [0.2, 0.25) is 0 Å². The van der Waals surface area contributed by atoms with Gasteiger partial charge in [-0.15, -0.1) is 0 Å². The standard InChI is InChI=1S/C9H13BFNO4/c11-6-1-2-9(8(3-6)10(15)16)12-4-7(14)5-13/h1-3,7,12-16H,4-5H2. The lowest BCUT2D eigenvalue weighted by atomic mass is 9.79. The van der Waals surface area contributed by atoms with Gasteiger partial charge in [0.15, 0.2) is 0 Å². The van der Waals surface area contributed by atoms with Gasteiger partial charge in [-0.2, -0.15) is 0 Å². The van der Waals surface area contributed by atoms with Crippen LogP contribution < -0.4 is 10.8 Å². The minimum Gasteiger partial charge on any atom is -0.423 e. The first kappa shape index (κ1) is 12.9. The molecule has 7 heteroatoms. The number of nitrogens with one attached hydrogen (secondary N) is 1. The van der Waals surface area contributed by atoms with Gasteiger partial charge in [-0.3, -0.25) is 0 Å². The lowest BCUT2D eigenvalue weighted by molar-refractivity contribution is 0.105. The number of hydrogen-bond donors (Lipinski definition) is 5. The Morgan fingerprint density at radius 1 is 1.38 bits per heavy atom. The van der Waals surface area contributed by atoms with Gasteiger partial charge in [0.1, 0.15) is 5.82 Å². The first-order valence-corrected chi connectivity index (χ1v) is 4.73. The van der Waals surface area contributed by atoms with Gasteiger partial charge in [-0.05, 0) is 18.2 Å². The molecule has 0 saturated heterocycles. The van der Waals surface area contributed by atoms with Crippen LogP contribution in [0.2, 0.25) is 0 Å². The second-order valence-electron chi connectivity index (χ2n) is 3.32. The number of benzene rings is 1. The van der Waals surface area contributed by atoms with Gasteiger partial charge in [-0.25, -0.2) is 4.39 Å². The molecule has 0 radical (unpaired) electrons. The molecule has 0 spiro atoms. The average Bonchev–Trinajstić information content (AvgIpc) is 2.26. The summed E-state index contributed by atoms with van der Waals surface area (Å²) in [5, 5.41) is 38.3. The number of halogens is 1. The fourth-order valence-electron chi connectivity index (χ4n) is 1.20. The second kappa shape index (κ2) is 5.81. The van der Waals surface area contributed by atoms with Crippen molar-refractivity contribution in [2.24, 2.45) is 0 Å². The van der Waals surface area contributed by atoms with E-state index in [0.717, 1.165) is 12.1 Å². The summed E-state index contributed by atoms with van der Waals surface area (Å²) < 4.78 is 12.8. The zero-order valence-electron chi connectivity index (χ0n) is 8.47. The number of aliphatic hydroxyl groups excluding tert-OH is 2. The Labute approximate surface area is 92.3 Å². The maximum Gasteiger partial charge on any atom is 0.490 e. The van der Waals surface area contributed by atoms with E-state index in [1.54, 1.807) is 0 Å². The zero-order valence-corrected chi connectivity index (χ0v) is 8.47. The van der Waals surface area contributed by atoms with E-state index in [1.807, 2.05) is 0 Å². The van der Waals surface area contributed by atoms with Crippen LogP contribution in [0.25, 0.3) is 0 Å². The Morgan fingerprint density at radius 3 is 2.62 bits per heavy atom. The lowest BCUT2D eigenvalue weighted by Crippen LogP contribution is -2.34. The normalized spacial score (nSPS) is 12.3. The SMILES string of the molecule is OCC(O)CNc1ccc(F)cc1B(O)O. The first-order valence-electron chi connectivity index (χ1n) is 4.73. The highest BCUT2D eigenvalue weighted by Gasteiger charge is 2.17. The molecule has 88 valence electrons. The fourth-order valence-corrected chi connectivity index (χ4v) is 1.20. The Morgan fingerprint density at radius 2 is 2.06 bits per heavy atom. The molecule has 16 heavy (non-hydrogen) atoms. The van der Waals surface area contributed by atoms with E-state index in [0.29, 0.717) is 5.69 Å². The van der Waals surface area contributed by atoms with Crippen molar-refractivity contribution in [3.05, 3.63) is 24.0 Å². The molecule has 0 aromatic heterocycles. The summed E-state index contributed by atoms with van der Waals surface area (Å²) in [5.74, 6) is -0.587. The monoisotopic (exact) mass is 229 g/mol. The fraction of sp³-hybridized carbons (Fsp3) is 0.333. The number of rotatable bonds is 5. The van der Waals surface area contributed by atoms with Crippen molar-refractivity contribution < 1.29 is 24.7 Å². The predicted octanol–water partition coefficient (Wildman–Crippen LogP) is -1.73. The van der Waals surface area contributed by atoms with Gasteiger partial charge < -0.3 is 25.6 Å². The van der Waals surface area contributed by atoms with Crippen molar-refractivity contribution in [1.29, 1.82) is 0 Å². The van der Waals surface area contributed by atoms with Crippen molar-refractivity contribution in [2.45, 2.75) is 6.10 Å². The maximum atomic E-state index is 12.8. The van der Waals surface area contributed by atoms with Crippen LogP contribution in [0.5, 0.6) is 0 Å². The molecular weight excluding hydrogens is 216 g/mol. The molecule has 1 rings (SSSR count). The predicted molar refractivity (Wildman–Crippen MR) is 57.8 cm³/mol. The third-order valence-electron chi connectivity index (χ3n) is 2.03. The van der Waals surface area contributed by atoms with Crippen LogP contribution in [0, 0.1) is 5.82 Å². The van der Waals surface area contributed by atoms with E-state index in [4.69, 9.17) is 20.3 Å². The average molecular weight is 229 g/mol. The molecule has 0 bridgehead atoms.